The van der Waals surface area contributed by atoms with Crippen LogP contribution in [0.4, 0.5) is 4.39 Å². The van der Waals surface area contributed by atoms with Gasteiger partial charge in [0.2, 0.25) is 0 Å². The van der Waals surface area contributed by atoms with Gasteiger partial charge < -0.3 is 14.6 Å². The fourth-order valence-electron chi connectivity index (χ4n) is 2.51. The number of aliphatic hydroxyl groups excluding tert-OH is 1. The van der Waals surface area contributed by atoms with Crippen molar-refractivity contribution >= 4 is 5.97 Å². The van der Waals surface area contributed by atoms with Crippen molar-refractivity contribution in [2.45, 2.75) is 40.2 Å². The molecule has 0 unspecified atom stereocenters. The number of hydrogen-bond donors (Lipinski definition) is 1. The second-order valence-corrected chi connectivity index (χ2v) is 5.81. The lowest BCUT2D eigenvalue weighted by atomic mass is 9.97. The van der Waals surface area contributed by atoms with Crippen LogP contribution in [0.1, 0.15) is 46.8 Å². The van der Waals surface area contributed by atoms with Gasteiger partial charge >= 0.3 is 5.97 Å². The summed E-state index contributed by atoms with van der Waals surface area (Å²) in [5.41, 5.74) is 0.885. The Morgan fingerprint density at radius 3 is 2.44 bits per heavy atom. The summed E-state index contributed by atoms with van der Waals surface area (Å²) >= 11 is 0. The average Bonchev–Trinajstić information content (AvgIpc) is 2.61. The van der Waals surface area contributed by atoms with Gasteiger partial charge in [0.15, 0.2) is 0 Å². The van der Waals surface area contributed by atoms with Gasteiger partial charge in [-0.05, 0) is 43.5 Å². The average molecular weight is 346 g/mol. The van der Waals surface area contributed by atoms with Crippen LogP contribution < -0.4 is 9.47 Å². The second-order valence-electron chi connectivity index (χ2n) is 5.81. The number of hydrogen-bond acceptors (Lipinski definition) is 4. The molecule has 25 heavy (non-hydrogen) atoms. The van der Waals surface area contributed by atoms with Crippen molar-refractivity contribution in [3.8, 4) is 11.5 Å². The van der Waals surface area contributed by atoms with E-state index in [9.17, 15) is 14.3 Å². The van der Waals surface area contributed by atoms with E-state index in [1.54, 1.807) is 38.1 Å². The normalized spacial score (nSPS) is 10.6. The van der Waals surface area contributed by atoms with Crippen LogP contribution in [0.15, 0.2) is 30.3 Å². The Labute approximate surface area is 147 Å². The van der Waals surface area contributed by atoms with Crippen molar-refractivity contribution in [2.24, 2.45) is 0 Å². The number of esters is 1. The molecule has 0 atom stereocenters. The van der Waals surface area contributed by atoms with Gasteiger partial charge in [0, 0.05) is 0 Å². The molecular formula is C20H23FO4. The van der Waals surface area contributed by atoms with Crippen LogP contribution in [-0.4, -0.2) is 17.7 Å². The van der Waals surface area contributed by atoms with E-state index in [4.69, 9.17) is 9.47 Å². The van der Waals surface area contributed by atoms with Gasteiger partial charge in [-0.25, -0.2) is 9.18 Å². The standard InChI is InChI=1S/C20H23FO4/c1-4-5-11-24-19-16(12-22)18(21)14(3)13(2)17(19)20(23)25-15-9-7-6-8-10-15/h6-10,22H,4-5,11-12H2,1-3H3. The predicted octanol–water partition coefficient (Wildman–Crippen LogP) is 4.33. The van der Waals surface area contributed by atoms with Gasteiger partial charge in [-0.15, -0.1) is 0 Å². The summed E-state index contributed by atoms with van der Waals surface area (Å²) in [6, 6.07) is 8.64. The Bertz CT molecular complexity index is 741. The van der Waals surface area contributed by atoms with E-state index in [0.717, 1.165) is 12.8 Å². The van der Waals surface area contributed by atoms with E-state index in [0.29, 0.717) is 23.5 Å². The minimum atomic E-state index is -0.631. The van der Waals surface area contributed by atoms with E-state index < -0.39 is 18.4 Å². The number of halogens is 1. The second kappa shape index (κ2) is 8.62. The molecule has 0 radical (unpaired) electrons. The third kappa shape index (κ3) is 4.17. The first-order valence-corrected chi connectivity index (χ1v) is 8.33. The van der Waals surface area contributed by atoms with Crippen LogP contribution in [0.2, 0.25) is 0 Å². The molecule has 0 aliphatic heterocycles. The number of para-hydroxylation sites is 1. The number of benzene rings is 2. The zero-order chi connectivity index (χ0) is 18.4. The highest BCUT2D eigenvalue weighted by Gasteiger charge is 2.26. The number of carbonyl (C=O) groups is 1. The molecular weight excluding hydrogens is 323 g/mol. The van der Waals surface area contributed by atoms with E-state index in [1.165, 1.54) is 0 Å². The predicted molar refractivity (Wildman–Crippen MR) is 93.6 cm³/mol. The van der Waals surface area contributed by atoms with Crippen LogP contribution in [-0.2, 0) is 6.61 Å². The molecule has 0 heterocycles. The van der Waals surface area contributed by atoms with Crippen molar-refractivity contribution in [3.05, 3.63) is 58.4 Å². The summed E-state index contributed by atoms with van der Waals surface area (Å²) < 4.78 is 25.6. The highest BCUT2D eigenvalue weighted by molar-refractivity contribution is 5.96. The minimum absolute atomic E-state index is 0.0146. The third-order valence-electron chi connectivity index (χ3n) is 4.09. The number of ether oxygens (including phenoxy) is 2. The Balaban J connectivity index is 2.49. The van der Waals surface area contributed by atoms with Gasteiger partial charge in [0.1, 0.15) is 22.9 Å². The molecule has 0 fully saturated rings. The summed E-state index contributed by atoms with van der Waals surface area (Å²) in [7, 11) is 0. The van der Waals surface area contributed by atoms with E-state index in [2.05, 4.69) is 0 Å². The number of aliphatic hydroxyl groups is 1. The van der Waals surface area contributed by atoms with Crippen LogP contribution >= 0.6 is 0 Å². The molecule has 134 valence electrons. The Morgan fingerprint density at radius 1 is 1.16 bits per heavy atom. The summed E-state index contributed by atoms with van der Waals surface area (Å²) in [6.07, 6.45) is 1.65. The Hall–Kier alpha value is -2.40. The number of unbranched alkanes of at least 4 members (excludes halogenated alkanes) is 1. The first kappa shape index (κ1) is 18.9. The van der Waals surface area contributed by atoms with E-state index in [-0.39, 0.29) is 16.9 Å². The maximum atomic E-state index is 14.5. The van der Waals surface area contributed by atoms with Crippen molar-refractivity contribution in [1.82, 2.24) is 0 Å². The lowest BCUT2D eigenvalue weighted by Crippen LogP contribution is -2.17. The molecule has 0 aliphatic rings. The summed E-state index contributed by atoms with van der Waals surface area (Å²) in [5.74, 6) is -0.729. The summed E-state index contributed by atoms with van der Waals surface area (Å²) in [5, 5.41) is 9.59. The van der Waals surface area contributed by atoms with Crippen LogP contribution in [0, 0.1) is 19.7 Å². The molecule has 5 heteroatoms. The van der Waals surface area contributed by atoms with E-state index in [1.807, 2.05) is 13.0 Å². The topological polar surface area (TPSA) is 55.8 Å². The molecule has 0 saturated heterocycles. The Morgan fingerprint density at radius 2 is 1.84 bits per heavy atom. The minimum Gasteiger partial charge on any atom is -0.492 e. The molecule has 1 N–H and O–H groups in total. The smallest absolute Gasteiger partial charge is 0.347 e. The van der Waals surface area contributed by atoms with Crippen molar-refractivity contribution in [3.63, 3.8) is 0 Å². The van der Waals surface area contributed by atoms with Crippen LogP contribution in [0.5, 0.6) is 11.5 Å². The van der Waals surface area contributed by atoms with Gasteiger partial charge in [-0.3, -0.25) is 0 Å². The van der Waals surface area contributed by atoms with E-state index >= 15 is 0 Å². The molecule has 0 spiro atoms. The third-order valence-corrected chi connectivity index (χ3v) is 4.09. The number of carbonyl (C=O) groups excluding carboxylic acids is 1. The highest BCUT2D eigenvalue weighted by atomic mass is 19.1. The molecule has 2 aromatic rings. The zero-order valence-corrected chi connectivity index (χ0v) is 14.8. The maximum absolute atomic E-state index is 14.5. The van der Waals surface area contributed by atoms with Gasteiger partial charge in [0.25, 0.3) is 0 Å². The van der Waals surface area contributed by atoms with Crippen molar-refractivity contribution < 1.29 is 23.8 Å². The molecule has 4 nitrogen and oxygen atoms in total. The lowest BCUT2D eigenvalue weighted by molar-refractivity contribution is 0.0728. The molecule has 0 amide bonds. The monoisotopic (exact) mass is 346 g/mol. The SMILES string of the molecule is CCCCOc1c(CO)c(F)c(C)c(C)c1C(=O)Oc1ccccc1. The van der Waals surface area contributed by atoms with Crippen molar-refractivity contribution in [1.29, 1.82) is 0 Å². The Kier molecular flexibility index (Phi) is 6.53. The quantitative estimate of drug-likeness (QED) is 0.460. The number of rotatable bonds is 7. The molecule has 0 aromatic heterocycles. The zero-order valence-electron chi connectivity index (χ0n) is 14.8. The van der Waals surface area contributed by atoms with Crippen LogP contribution in [0.3, 0.4) is 0 Å². The van der Waals surface area contributed by atoms with Gasteiger partial charge in [-0.1, -0.05) is 31.5 Å². The summed E-state index contributed by atoms with van der Waals surface area (Å²) in [4.78, 5) is 12.7. The van der Waals surface area contributed by atoms with Crippen LogP contribution in [0.25, 0.3) is 0 Å². The maximum Gasteiger partial charge on any atom is 0.347 e. The fraction of sp³-hybridized carbons (Fsp3) is 0.350. The summed E-state index contributed by atoms with van der Waals surface area (Å²) in [6.45, 7) is 4.99. The molecule has 2 rings (SSSR count). The first-order valence-electron chi connectivity index (χ1n) is 8.33. The van der Waals surface area contributed by atoms with Crippen molar-refractivity contribution in [2.75, 3.05) is 6.61 Å². The fourth-order valence-corrected chi connectivity index (χ4v) is 2.51. The molecule has 0 aliphatic carbocycles. The largest absolute Gasteiger partial charge is 0.492 e. The first-order chi connectivity index (χ1) is 12.0. The molecule has 2 aromatic carbocycles. The highest BCUT2D eigenvalue weighted by Crippen LogP contribution is 2.34. The van der Waals surface area contributed by atoms with Gasteiger partial charge in [0.05, 0.1) is 18.8 Å². The van der Waals surface area contributed by atoms with Gasteiger partial charge in [-0.2, -0.15) is 0 Å². The lowest BCUT2D eigenvalue weighted by Gasteiger charge is -2.19. The molecule has 0 saturated carbocycles. The molecule has 0 bridgehead atoms.